The average Bonchev–Trinajstić information content (AvgIpc) is 2.89. The first kappa shape index (κ1) is 20.4. The molecule has 2 fully saturated rings. The number of benzene rings is 1. The normalized spacial score (nSPS) is 25.9. The summed E-state index contributed by atoms with van der Waals surface area (Å²) >= 11 is 0. The molecule has 3 rings (SSSR count). The zero-order valence-corrected chi connectivity index (χ0v) is 17.0. The van der Waals surface area contributed by atoms with E-state index in [0.717, 1.165) is 36.1 Å². The van der Waals surface area contributed by atoms with Crippen molar-refractivity contribution in [3.05, 3.63) is 35.9 Å². The molecule has 0 radical (unpaired) electrons. The quantitative estimate of drug-likeness (QED) is 0.737. The third-order valence-electron chi connectivity index (χ3n) is 6.05. The number of nitrogens with one attached hydrogen (secondary N) is 2. The molecule has 3 atom stereocenters. The first-order valence-electron chi connectivity index (χ1n) is 10.3. The monoisotopic (exact) mass is 385 g/mol. The van der Waals surface area contributed by atoms with Gasteiger partial charge >= 0.3 is 6.03 Å². The molecule has 1 saturated heterocycles. The van der Waals surface area contributed by atoms with Crippen LogP contribution >= 0.6 is 0 Å². The van der Waals surface area contributed by atoms with Crippen molar-refractivity contribution in [3.8, 4) is 0 Å². The Morgan fingerprint density at radius 3 is 2.61 bits per heavy atom. The predicted octanol–water partition coefficient (Wildman–Crippen LogP) is 3.39. The lowest BCUT2D eigenvalue weighted by atomic mass is 9.73. The number of carbonyl (C=O) groups excluding carboxylic acids is 3. The fourth-order valence-electron chi connectivity index (χ4n) is 4.46. The first-order valence-corrected chi connectivity index (χ1v) is 10.3. The Morgan fingerprint density at radius 2 is 1.96 bits per heavy atom. The van der Waals surface area contributed by atoms with Gasteiger partial charge in [0.15, 0.2) is 0 Å². The van der Waals surface area contributed by atoms with Gasteiger partial charge in [-0.25, -0.2) is 4.79 Å². The van der Waals surface area contributed by atoms with E-state index in [2.05, 4.69) is 24.5 Å². The topological polar surface area (TPSA) is 78.5 Å². The van der Waals surface area contributed by atoms with Gasteiger partial charge in [0.25, 0.3) is 5.91 Å². The standard InChI is InChI=1S/C22H31N3O3/c1-15(2)13-18(17-10-5-4-6-11-17)23-19(26)14-25-20(27)22(24-21(25)28)12-8-7-9-16(22)3/h4-6,10-11,15-16,18H,7-9,12-14H2,1-3H3,(H,23,26)(H,24,28)/t16-,18-,22-/m0/s1. The zero-order valence-electron chi connectivity index (χ0n) is 17.0. The summed E-state index contributed by atoms with van der Waals surface area (Å²) in [6.07, 6.45) is 4.34. The van der Waals surface area contributed by atoms with Gasteiger partial charge in [-0.1, -0.05) is 63.9 Å². The molecule has 6 heteroatoms. The number of nitrogens with zero attached hydrogens (tertiary/aromatic N) is 1. The third kappa shape index (κ3) is 4.05. The molecule has 0 unspecified atom stereocenters. The SMILES string of the molecule is CC(C)C[C@H](NC(=O)CN1C(=O)N[C@]2(CCCC[C@@H]2C)C1=O)c1ccccc1. The number of carbonyl (C=O) groups is 3. The van der Waals surface area contributed by atoms with Gasteiger partial charge in [-0.15, -0.1) is 0 Å². The molecule has 2 aliphatic rings. The Kier molecular flexibility index (Phi) is 6.06. The summed E-state index contributed by atoms with van der Waals surface area (Å²) in [5, 5.41) is 5.92. The molecule has 1 heterocycles. The fraction of sp³-hybridized carbons (Fsp3) is 0.591. The number of hydrogen-bond donors (Lipinski definition) is 2. The van der Waals surface area contributed by atoms with Crippen LogP contribution in [0.15, 0.2) is 30.3 Å². The maximum Gasteiger partial charge on any atom is 0.325 e. The van der Waals surface area contributed by atoms with Gasteiger partial charge in [0.05, 0.1) is 6.04 Å². The van der Waals surface area contributed by atoms with Crippen LogP contribution in [-0.4, -0.2) is 34.8 Å². The minimum Gasteiger partial charge on any atom is -0.348 e. The Morgan fingerprint density at radius 1 is 1.25 bits per heavy atom. The Bertz CT molecular complexity index is 734. The molecule has 28 heavy (non-hydrogen) atoms. The van der Waals surface area contributed by atoms with Crippen molar-refractivity contribution in [1.82, 2.24) is 15.5 Å². The molecular formula is C22H31N3O3. The molecule has 1 aliphatic carbocycles. The Hall–Kier alpha value is -2.37. The van der Waals surface area contributed by atoms with Gasteiger partial charge in [-0.2, -0.15) is 0 Å². The second-order valence-electron chi connectivity index (χ2n) is 8.60. The number of imide groups is 1. The van der Waals surface area contributed by atoms with Crippen molar-refractivity contribution in [2.24, 2.45) is 11.8 Å². The number of hydrogen-bond acceptors (Lipinski definition) is 3. The van der Waals surface area contributed by atoms with Crippen molar-refractivity contribution in [2.75, 3.05) is 6.54 Å². The maximum atomic E-state index is 13.0. The number of rotatable bonds is 6. The minimum absolute atomic E-state index is 0.0868. The Labute approximate surface area is 167 Å². The zero-order chi connectivity index (χ0) is 20.3. The molecule has 1 spiro atoms. The van der Waals surface area contributed by atoms with Gasteiger partial charge in [-0.3, -0.25) is 14.5 Å². The van der Waals surface area contributed by atoms with Crippen LogP contribution in [0, 0.1) is 11.8 Å². The Balaban J connectivity index is 1.69. The molecule has 1 aromatic rings. The van der Waals surface area contributed by atoms with Crippen molar-refractivity contribution in [3.63, 3.8) is 0 Å². The highest BCUT2D eigenvalue weighted by atomic mass is 16.2. The molecule has 6 nitrogen and oxygen atoms in total. The number of amides is 4. The summed E-state index contributed by atoms with van der Waals surface area (Å²) in [5.74, 6) is -0.0733. The highest BCUT2D eigenvalue weighted by Gasteiger charge is 2.55. The van der Waals surface area contributed by atoms with E-state index in [4.69, 9.17) is 0 Å². The van der Waals surface area contributed by atoms with Crippen LogP contribution in [0.2, 0.25) is 0 Å². The van der Waals surface area contributed by atoms with Crippen molar-refractivity contribution in [2.45, 2.75) is 64.5 Å². The summed E-state index contributed by atoms with van der Waals surface area (Å²) < 4.78 is 0. The van der Waals surface area contributed by atoms with E-state index in [0.29, 0.717) is 12.3 Å². The molecule has 2 N–H and O–H groups in total. The van der Waals surface area contributed by atoms with Crippen LogP contribution in [-0.2, 0) is 9.59 Å². The van der Waals surface area contributed by atoms with Crippen molar-refractivity contribution < 1.29 is 14.4 Å². The smallest absolute Gasteiger partial charge is 0.325 e. The second-order valence-corrected chi connectivity index (χ2v) is 8.60. The van der Waals surface area contributed by atoms with Crippen LogP contribution in [0.4, 0.5) is 4.79 Å². The average molecular weight is 386 g/mol. The van der Waals surface area contributed by atoms with E-state index in [1.807, 2.05) is 37.3 Å². The van der Waals surface area contributed by atoms with Gasteiger partial charge in [-0.05, 0) is 36.7 Å². The molecule has 1 saturated carbocycles. The molecular weight excluding hydrogens is 354 g/mol. The predicted molar refractivity (Wildman–Crippen MR) is 107 cm³/mol. The van der Waals surface area contributed by atoms with Crippen LogP contribution in [0.5, 0.6) is 0 Å². The summed E-state index contributed by atoms with van der Waals surface area (Å²) in [7, 11) is 0. The highest BCUT2D eigenvalue weighted by Crippen LogP contribution is 2.38. The van der Waals surface area contributed by atoms with Gasteiger partial charge in [0, 0.05) is 0 Å². The van der Waals surface area contributed by atoms with Crippen molar-refractivity contribution in [1.29, 1.82) is 0 Å². The summed E-state index contributed by atoms with van der Waals surface area (Å²) in [5.41, 5.74) is 0.200. The lowest BCUT2D eigenvalue weighted by Crippen LogP contribution is -2.54. The minimum atomic E-state index is -0.827. The molecule has 1 aliphatic heterocycles. The van der Waals surface area contributed by atoms with E-state index in [1.165, 1.54) is 0 Å². The largest absolute Gasteiger partial charge is 0.348 e. The van der Waals surface area contributed by atoms with E-state index in [9.17, 15) is 14.4 Å². The maximum absolute atomic E-state index is 13.0. The van der Waals surface area contributed by atoms with Crippen LogP contribution in [0.3, 0.4) is 0 Å². The highest BCUT2D eigenvalue weighted by molar-refractivity contribution is 6.09. The van der Waals surface area contributed by atoms with Crippen LogP contribution in [0.1, 0.15) is 64.5 Å². The number of urea groups is 1. The third-order valence-corrected chi connectivity index (χ3v) is 6.05. The molecule has 1 aromatic carbocycles. The summed E-state index contributed by atoms with van der Waals surface area (Å²) in [4.78, 5) is 39.3. The van der Waals surface area contributed by atoms with Gasteiger partial charge in [0.2, 0.25) is 5.91 Å². The lowest BCUT2D eigenvalue weighted by Gasteiger charge is -2.36. The molecule has 0 aromatic heterocycles. The lowest BCUT2D eigenvalue weighted by molar-refractivity contribution is -0.137. The fourth-order valence-corrected chi connectivity index (χ4v) is 4.46. The second kappa shape index (κ2) is 8.33. The molecule has 4 amide bonds. The van der Waals surface area contributed by atoms with Crippen LogP contribution < -0.4 is 10.6 Å². The van der Waals surface area contributed by atoms with E-state index < -0.39 is 11.6 Å². The van der Waals surface area contributed by atoms with Crippen LogP contribution in [0.25, 0.3) is 0 Å². The van der Waals surface area contributed by atoms with E-state index >= 15 is 0 Å². The van der Waals surface area contributed by atoms with Gasteiger partial charge < -0.3 is 10.6 Å². The molecule has 152 valence electrons. The van der Waals surface area contributed by atoms with Gasteiger partial charge in [0.1, 0.15) is 12.1 Å². The van der Waals surface area contributed by atoms with E-state index in [-0.39, 0.29) is 30.3 Å². The van der Waals surface area contributed by atoms with E-state index in [1.54, 1.807) is 0 Å². The summed E-state index contributed by atoms with van der Waals surface area (Å²) in [6.45, 7) is 5.98. The molecule has 0 bridgehead atoms. The first-order chi connectivity index (χ1) is 13.3. The van der Waals surface area contributed by atoms with Crippen molar-refractivity contribution >= 4 is 17.8 Å². The summed E-state index contributed by atoms with van der Waals surface area (Å²) in [6, 6.07) is 9.21.